The maximum Gasteiger partial charge on any atom is 0.673 e. The van der Waals surface area contributed by atoms with Gasteiger partial charge in [-0.2, -0.15) is 0 Å². The van der Waals surface area contributed by atoms with Gasteiger partial charge in [-0.1, -0.05) is 0 Å². The Bertz CT molecular complexity index is 399. The molecule has 1 aromatic carbocycles. The van der Waals surface area contributed by atoms with Gasteiger partial charge in [0.15, 0.2) is 16.5 Å². The summed E-state index contributed by atoms with van der Waals surface area (Å²) in [4.78, 5) is 3.02. The number of benzene rings is 1. The molecule has 0 radical (unpaired) electrons. The van der Waals surface area contributed by atoms with Crippen molar-refractivity contribution in [3.05, 3.63) is 23.2 Å². The van der Waals surface area contributed by atoms with Crippen molar-refractivity contribution in [3.8, 4) is 11.5 Å². The lowest BCUT2D eigenvalue weighted by Crippen LogP contribution is -2.02. The minimum Gasteiger partial charge on any atom is -0.493 e. The molecule has 0 unspecified atom stereocenters. The molecule has 0 heterocycles. The van der Waals surface area contributed by atoms with Crippen LogP contribution in [0.4, 0.5) is 23.0 Å². The van der Waals surface area contributed by atoms with Crippen LogP contribution >= 0.6 is 0 Å². The van der Waals surface area contributed by atoms with Gasteiger partial charge in [0, 0.05) is 6.07 Å². The first-order chi connectivity index (χ1) is 7.81. The summed E-state index contributed by atoms with van der Waals surface area (Å²) in [6.07, 6.45) is 0. The van der Waals surface area contributed by atoms with E-state index in [2.05, 4.69) is 4.98 Å². The zero-order valence-electron chi connectivity index (χ0n) is 9.03. The average molecular weight is 252 g/mol. The van der Waals surface area contributed by atoms with Crippen molar-refractivity contribution in [2.75, 3.05) is 14.2 Å². The normalized spacial score (nSPS) is 9.71. The van der Waals surface area contributed by atoms with Gasteiger partial charge in [0.25, 0.3) is 0 Å². The van der Waals surface area contributed by atoms with Crippen LogP contribution in [-0.4, -0.2) is 21.5 Å². The summed E-state index contributed by atoms with van der Waals surface area (Å²) in [5.74, 6) is 1.16. The molecule has 9 heteroatoms. The number of halogens is 4. The van der Waals surface area contributed by atoms with E-state index in [0.717, 1.165) is 0 Å². The van der Waals surface area contributed by atoms with Crippen LogP contribution in [0.15, 0.2) is 18.2 Å². The van der Waals surface area contributed by atoms with E-state index in [1.165, 1.54) is 7.11 Å². The molecule has 4 nitrogen and oxygen atoms in total. The molecule has 0 saturated carbocycles. The Morgan fingerprint density at radius 3 is 1.88 bits per heavy atom. The predicted octanol–water partition coefficient (Wildman–Crippen LogP) is 3.49. The molecule has 0 spiro atoms. The van der Waals surface area contributed by atoms with Crippen LogP contribution in [0.5, 0.6) is 11.5 Å². The molecular formula is C8H9BF4N2O2. The number of hydrogen-bond donors (Lipinski definition) is 0. The number of hydrogen-bond acceptors (Lipinski definition) is 3. The summed E-state index contributed by atoms with van der Waals surface area (Å²) in [6, 6.07) is 4.88. The molecule has 0 bridgehead atoms. The largest absolute Gasteiger partial charge is 0.673 e. The van der Waals surface area contributed by atoms with Gasteiger partial charge in [-0.3, -0.25) is 0 Å². The van der Waals surface area contributed by atoms with Crippen molar-refractivity contribution in [2.45, 2.75) is 0 Å². The lowest BCUT2D eigenvalue weighted by Gasteiger charge is -2.03. The topological polar surface area (TPSA) is 46.6 Å². The Kier molecular flexibility index (Phi) is 5.81. The molecule has 0 aliphatic carbocycles. The van der Waals surface area contributed by atoms with Gasteiger partial charge in [0.05, 0.1) is 20.3 Å². The molecule has 0 atom stereocenters. The molecule has 0 amide bonds. The highest BCUT2D eigenvalue weighted by Gasteiger charge is 2.20. The van der Waals surface area contributed by atoms with Gasteiger partial charge in [-0.05, 0) is 6.07 Å². The van der Waals surface area contributed by atoms with Crippen LogP contribution in [0.3, 0.4) is 0 Å². The molecule has 0 aromatic heterocycles. The minimum atomic E-state index is -6.00. The lowest BCUT2D eigenvalue weighted by atomic mass is 10.3. The third kappa shape index (κ3) is 7.00. The maximum absolute atomic E-state index is 9.75. The summed E-state index contributed by atoms with van der Waals surface area (Å²) < 4.78 is 49.0. The number of rotatable bonds is 2. The zero-order valence-corrected chi connectivity index (χ0v) is 9.03. The Morgan fingerprint density at radius 2 is 1.53 bits per heavy atom. The minimum absolute atomic E-state index is 0.438. The van der Waals surface area contributed by atoms with Gasteiger partial charge in [0.2, 0.25) is 5.39 Å². The second-order valence-electron chi connectivity index (χ2n) is 2.63. The highest BCUT2D eigenvalue weighted by Crippen LogP contribution is 2.30. The predicted molar refractivity (Wildman–Crippen MR) is 54.5 cm³/mol. The zero-order chi connectivity index (χ0) is 13.5. The van der Waals surface area contributed by atoms with E-state index in [9.17, 15) is 17.3 Å². The molecule has 0 fully saturated rings. The van der Waals surface area contributed by atoms with Crippen LogP contribution in [0, 0.1) is 5.39 Å². The first-order valence-corrected chi connectivity index (χ1v) is 4.26. The quantitative estimate of drug-likeness (QED) is 0.459. The second-order valence-corrected chi connectivity index (χ2v) is 2.63. The van der Waals surface area contributed by atoms with Crippen molar-refractivity contribution in [1.29, 1.82) is 5.39 Å². The summed E-state index contributed by atoms with van der Waals surface area (Å²) >= 11 is 0. The number of ether oxygens (including phenoxy) is 2. The van der Waals surface area contributed by atoms with Gasteiger partial charge >= 0.3 is 12.9 Å². The van der Waals surface area contributed by atoms with Crippen molar-refractivity contribution >= 4 is 12.9 Å². The molecule has 17 heavy (non-hydrogen) atoms. The molecule has 0 aliphatic rings. The monoisotopic (exact) mass is 252 g/mol. The van der Waals surface area contributed by atoms with Gasteiger partial charge in [0.1, 0.15) is 0 Å². The average Bonchev–Trinajstić information content (AvgIpc) is 2.25. The van der Waals surface area contributed by atoms with Crippen LogP contribution in [0.1, 0.15) is 0 Å². The molecule has 1 aromatic rings. The van der Waals surface area contributed by atoms with Crippen LogP contribution in [0.25, 0.3) is 4.98 Å². The van der Waals surface area contributed by atoms with Crippen LogP contribution in [-0.2, 0) is 0 Å². The van der Waals surface area contributed by atoms with E-state index in [-0.39, 0.29) is 0 Å². The Hall–Kier alpha value is -1.98. The van der Waals surface area contributed by atoms with E-state index in [4.69, 9.17) is 14.9 Å². The van der Waals surface area contributed by atoms with Gasteiger partial charge in [-0.15, -0.1) is 0 Å². The molecule has 0 N–H and O–H groups in total. The van der Waals surface area contributed by atoms with Crippen molar-refractivity contribution < 1.29 is 26.7 Å². The highest BCUT2D eigenvalue weighted by atomic mass is 19.5. The van der Waals surface area contributed by atoms with E-state index >= 15 is 0 Å². The maximum atomic E-state index is 9.75. The Balaban J connectivity index is 0.000000437. The molecule has 0 aliphatic heterocycles. The lowest BCUT2D eigenvalue weighted by molar-refractivity contribution is 0.355. The Morgan fingerprint density at radius 1 is 1.06 bits per heavy atom. The standard InChI is InChI=1S/C8H9N2O2.BF4/c1-11-7-4-3-6(10-9)5-8(7)12-2;2-1(3,4)5/h3-5H,1-2H3;/q+1;-1. The fourth-order valence-electron chi connectivity index (χ4n) is 0.887. The molecule has 1 rings (SSSR count). The van der Waals surface area contributed by atoms with Gasteiger partial charge in [-0.25, -0.2) is 0 Å². The van der Waals surface area contributed by atoms with Crippen molar-refractivity contribution in [1.82, 2.24) is 0 Å². The van der Waals surface area contributed by atoms with E-state index in [1.54, 1.807) is 25.3 Å². The smallest absolute Gasteiger partial charge is 0.493 e. The summed E-state index contributed by atoms with van der Waals surface area (Å²) in [5, 5.41) is 8.45. The number of methoxy groups -OCH3 is 2. The summed E-state index contributed by atoms with van der Waals surface area (Å²) in [6.45, 7) is 0. The van der Waals surface area contributed by atoms with Crippen molar-refractivity contribution in [3.63, 3.8) is 0 Å². The molecule has 94 valence electrons. The highest BCUT2D eigenvalue weighted by molar-refractivity contribution is 6.50. The van der Waals surface area contributed by atoms with Crippen LogP contribution < -0.4 is 9.47 Å². The van der Waals surface area contributed by atoms with E-state index < -0.39 is 7.25 Å². The molecule has 0 saturated heterocycles. The fraction of sp³-hybridized carbons (Fsp3) is 0.250. The third-order valence-corrected chi connectivity index (χ3v) is 1.48. The molecular weight excluding hydrogens is 243 g/mol. The second kappa shape index (κ2) is 6.57. The van der Waals surface area contributed by atoms with Gasteiger partial charge < -0.3 is 26.7 Å². The fourth-order valence-corrected chi connectivity index (χ4v) is 0.887. The third-order valence-electron chi connectivity index (χ3n) is 1.48. The summed E-state index contributed by atoms with van der Waals surface area (Å²) in [7, 11) is -2.92. The number of diazo groups is 1. The first kappa shape index (κ1) is 15.0. The van der Waals surface area contributed by atoms with Crippen molar-refractivity contribution in [2.24, 2.45) is 0 Å². The number of nitrogens with zero attached hydrogens (tertiary/aromatic N) is 2. The van der Waals surface area contributed by atoms with Crippen LogP contribution in [0.2, 0.25) is 0 Å². The Labute approximate surface area is 94.9 Å². The van der Waals surface area contributed by atoms with E-state index in [0.29, 0.717) is 17.2 Å². The summed E-state index contributed by atoms with van der Waals surface area (Å²) in [5.41, 5.74) is 0.438. The first-order valence-electron chi connectivity index (χ1n) is 4.26. The van der Waals surface area contributed by atoms with E-state index in [1.807, 2.05) is 0 Å². The SMILES string of the molecule is COc1ccc([N+]#N)cc1OC.F[B-](F)(F)F.